The van der Waals surface area contributed by atoms with Crippen LogP contribution in [0, 0.1) is 6.92 Å². The first kappa shape index (κ1) is 18.8. The summed E-state index contributed by atoms with van der Waals surface area (Å²) >= 11 is 0. The number of esters is 1. The molecule has 0 atom stereocenters. The Kier molecular flexibility index (Phi) is 5.66. The summed E-state index contributed by atoms with van der Waals surface area (Å²) in [7, 11) is 3.38. The summed E-state index contributed by atoms with van der Waals surface area (Å²) in [5, 5.41) is 3.06. The second kappa shape index (κ2) is 8.13. The topological polar surface area (TPSA) is 87.7 Å². The normalized spacial score (nSPS) is 14.7. The van der Waals surface area contributed by atoms with Gasteiger partial charge < -0.3 is 19.9 Å². The molecule has 1 amide bonds. The Morgan fingerprint density at radius 3 is 2.56 bits per heavy atom. The van der Waals surface area contributed by atoms with Gasteiger partial charge in [-0.25, -0.2) is 14.8 Å². The van der Waals surface area contributed by atoms with E-state index in [1.54, 1.807) is 30.3 Å². The van der Waals surface area contributed by atoms with E-state index < -0.39 is 5.97 Å². The van der Waals surface area contributed by atoms with Crippen LogP contribution in [0.15, 0.2) is 30.3 Å². The molecule has 3 rings (SSSR count). The van der Waals surface area contributed by atoms with Crippen LogP contribution in [0.2, 0.25) is 0 Å². The van der Waals surface area contributed by atoms with Gasteiger partial charge in [-0.15, -0.1) is 0 Å². The van der Waals surface area contributed by atoms with E-state index in [2.05, 4.69) is 20.2 Å². The van der Waals surface area contributed by atoms with Crippen molar-refractivity contribution in [3.63, 3.8) is 0 Å². The molecule has 8 heteroatoms. The van der Waals surface area contributed by atoms with Crippen LogP contribution in [-0.2, 0) is 4.74 Å². The number of aromatic nitrogens is 2. The van der Waals surface area contributed by atoms with E-state index in [1.807, 2.05) is 18.9 Å². The monoisotopic (exact) mass is 369 g/mol. The fraction of sp³-hybridized carbons (Fsp3) is 0.368. The zero-order chi connectivity index (χ0) is 19.4. The van der Waals surface area contributed by atoms with Gasteiger partial charge >= 0.3 is 5.97 Å². The number of hydrogen-bond acceptors (Lipinski definition) is 7. The molecule has 27 heavy (non-hydrogen) atoms. The zero-order valence-corrected chi connectivity index (χ0v) is 15.7. The maximum absolute atomic E-state index is 12.8. The smallest absolute Gasteiger partial charge is 0.337 e. The van der Waals surface area contributed by atoms with Crippen LogP contribution >= 0.6 is 0 Å². The SMILES string of the molecule is COC(=O)c1cccc(Nc2nc(C)cc(C(=O)N3CCN(C)CC3)n2)c1. The molecule has 2 aromatic rings. The number of likely N-dealkylation sites (N-methyl/N-ethyl adjacent to an activating group) is 1. The molecule has 142 valence electrons. The van der Waals surface area contributed by atoms with Gasteiger partial charge in [-0.3, -0.25) is 4.79 Å². The molecular formula is C19H23N5O3. The molecule has 0 radical (unpaired) electrons. The van der Waals surface area contributed by atoms with Crippen molar-refractivity contribution in [1.29, 1.82) is 0 Å². The molecular weight excluding hydrogens is 346 g/mol. The van der Waals surface area contributed by atoms with Crippen molar-refractivity contribution < 1.29 is 14.3 Å². The number of piperazine rings is 1. The van der Waals surface area contributed by atoms with Gasteiger partial charge in [0.2, 0.25) is 5.95 Å². The van der Waals surface area contributed by atoms with E-state index in [-0.39, 0.29) is 5.91 Å². The Hall–Kier alpha value is -3.00. The first-order valence-electron chi connectivity index (χ1n) is 8.75. The molecule has 1 N–H and O–H groups in total. The van der Waals surface area contributed by atoms with Crippen LogP contribution in [0.1, 0.15) is 26.5 Å². The highest BCUT2D eigenvalue weighted by Gasteiger charge is 2.22. The number of amides is 1. The number of nitrogens with one attached hydrogen (secondary N) is 1. The molecule has 1 aliphatic rings. The van der Waals surface area contributed by atoms with Crippen LogP contribution in [0.25, 0.3) is 0 Å². The van der Waals surface area contributed by atoms with Crippen LogP contribution in [0.4, 0.5) is 11.6 Å². The third-order valence-electron chi connectivity index (χ3n) is 4.40. The van der Waals surface area contributed by atoms with E-state index in [0.717, 1.165) is 13.1 Å². The molecule has 8 nitrogen and oxygen atoms in total. The molecule has 0 unspecified atom stereocenters. The second-order valence-corrected chi connectivity index (χ2v) is 6.51. The lowest BCUT2D eigenvalue weighted by Crippen LogP contribution is -2.47. The Morgan fingerprint density at radius 1 is 1.11 bits per heavy atom. The number of benzene rings is 1. The lowest BCUT2D eigenvalue weighted by atomic mass is 10.2. The summed E-state index contributed by atoms with van der Waals surface area (Å²) in [5.74, 6) is -0.204. The van der Waals surface area contributed by atoms with Gasteiger partial charge in [0, 0.05) is 37.6 Å². The Bertz CT molecular complexity index is 847. The molecule has 1 saturated heterocycles. The largest absolute Gasteiger partial charge is 0.465 e. The molecule has 1 aromatic carbocycles. The number of methoxy groups -OCH3 is 1. The quantitative estimate of drug-likeness (QED) is 0.821. The number of ether oxygens (including phenoxy) is 1. The van der Waals surface area contributed by atoms with Crippen LogP contribution in [0.3, 0.4) is 0 Å². The van der Waals surface area contributed by atoms with E-state index in [9.17, 15) is 9.59 Å². The Balaban J connectivity index is 1.79. The van der Waals surface area contributed by atoms with Gasteiger partial charge in [0.05, 0.1) is 12.7 Å². The van der Waals surface area contributed by atoms with Crippen molar-refractivity contribution in [3.8, 4) is 0 Å². The molecule has 0 saturated carbocycles. The molecule has 1 aliphatic heterocycles. The highest BCUT2D eigenvalue weighted by Crippen LogP contribution is 2.17. The lowest BCUT2D eigenvalue weighted by Gasteiger charge is -2.32. The van der Waals surface area contributed by atoms with E-state index in [0.29, 0.717) is 41.7 Å². The number of aryl methyl sites for hydroxylation is 1. The Labute approximate surface area is 158 Å². The minimum absolute atomic E-state index is 0.0973. The minimum atomic E-state index is -0.422. The Morgan fingerprint density at radius 2 is 1.85 bits per heavy atom. The first-order chi connectivity index (χ1) is 13.0. The highest BCUT2D eigenvalue weighted by atomic mass is 16.5. The fourth-order valence-electron chi connectivity index (χ4n) is 2.88. The fourth-order valence-corrected chi connectivity index (χ4v) is 2.88. The predicted molar refractivity (Wildman–Crippen MR) is 101 cm³/mol. The summed E-state index contributed by atoms with van der Waals surface area (Å²) in [4.78, 5) is 37.2. The van der Waals surface area contributed by atoms with Crippen molar-refractivity contribution in [3.05, 3.63) is 47.3 Å². The van der Waals surface area contributed by atoms with Crippen molar-refractivity contribution in [2.75, 3.05) is 45.7 Å². The predicted octanol–water partition coefficient (Wildman–Crippen LogP) is 1.70. The summed E-state index contributed by atoms with van der Waals surface area (Å²) in [6, 6.07) is 8.54. The average molecular weight is 369 g/mol. The van der Waals surface area contributed by atoms with Crippen molar-refractivity contribution in [2.24, 2.45) is 0 Å². The standard InChI is InChI=1S/C19H23N5O3/c1-13-11-16(17(25)24-9-7-23(2)8-10-24)22-19(20-13)21-15-6-4-5-14(12-15)18(26)27-3/h4-6,11-12H,7-10H2,1-3H3,(H,20,21,22). The summed E-state index contributed by atoms with van der Waals surface area (Å²) < 4.78 is 4.73. The molecule has 1 aromatic heterocycles. The number of nitrogens with zero attached hydrogens (tertiary/aromatic N) is 4. The average Bonchev–Trinajstić information content (AvgIpc) is 2.67. The number of carbonyl (C=O) groups is 2. The number of anilines is 2. The highest BCUT2D eigenvalue weighted by molar-refractivity contribution is 5.93. The summed E-state index contributed by atoms with van der Waals surface area (Å²) in [5.41, 5.74) is 2.11. The number of rotatable bonds is 4. The molecule has 0 aliphatic carbocycles. The third kappa shape index (κ3) is 4.59. The molecule has 0 bridgehead atoms. The van der Waals surface area contributed by atoms with Gasteiger partial charge in [-0.05, 0) is 38.2 Å². The molecule has 1 fully saturated rings. The maximum Gasteiger partial charge on any atom is 0.337 e. The zero-order valence-electron chi connectivity index (χ0n) is 15.7. The first-order valence-corrected chi connectivity index (χ1v) is 8.75. The summed E-state index contributed by atoms with van der Waals surface area (Å²) in [6.07, 6.45) is 0. The van der Waals surface area contributed by atoms with E-state index in [1.165, 1.54) is 7.11 Å². The van der Waals surface area contributed by atoms with E-state index >= 15 is 0 Å². The molecule has 0 spiro atoms. The molecule has 2 heterocycles. The number of carbonyl (C=O) groups excluding carboxylic acids is 2. The maximum atomic E-state index is 12.8. The number of hydrogen-bond donors (Lipinski definition) is 1. The second-order valence-electron chi connectivity index (χ2n) is 6.51. The minimum Gasteiger partial charge on any atom is -0.465 e. The van der Waals surface area contributed by atoms with Gasteiger partial charge in [0.1, 0.15) is 5.69 Å². The van der Waals surface area contributed by atoms with Crippen LogP contribution in [0.5, 0.6) is 0 Å². The van der Waals surface area contributed by atoms with Gasteiger partial charge in [0.25, 0.3) is 5.91 Å². The van der Waals surface area contributed by atoms with Gasteiger partial charge in [-0.1, -0.05) is 6.07 Å². The lowest BCUT2D eigenvalue weighted by molar-refractivity contribution is 0.0600. The van der Waals surface area contributed by atoms with Crippen molar-refractivity contribution in [2.45, 2.75) is 6.92 Å². The van der Waals surface area contributed by atoms with Gasteiger partial charge in [-0.2, -0.15) is 0 Å². The summed E-state index contributed by atoms with van der Waals surface area (Å²) in [6.45, 7) is 4.88. The van der Waals surface area contributed by atoms with E-state index in [4.69, 9.17) is 4.74 Å². The van der Waals surface area contributed by atoms with Crippen molar-refractivity contribution >= 4 is 23.5 Å². The van der Waals surface area contributed by atoms with Crippen LogP contribution in [-0.4, -0.2) is 72.0 Å². The van der Waals surface area contributed by atoms with Crippen molar-refractivity contribution in [1.82, 2.24) is 19.8 Å². The third-order valence-corrected chi connectivity index (χ3v) is 4.40. The van der Waals surface area contributed by atoms with Gasteiger partial charge in [0.15, 0.2) is 0 Å². The van der Waals surface area contributed by atoms with Crippen LogP contribution < -0.4 is 5.32 Å².